The number of rotatable bonds is 12. The predicted molar refractivity (Wildman–Crippen MR) is 118 cm³/mol. The van der Waals surface area contributed by atoms with Crippen LogP contribution >= 0.6 is 0 Å². The molecule has 0 aliphatic carbocycles. The molecular formula is C24H49NO2. The Kier molecular flexibility index (Phi) is 9.09. The van der Waals surface area contributed by atoms with Gasteiger partial charge >= 0.3 is 0 Å². The van der Waals surface area contributed by atoms with Crippen molar-refractivity contribution in [2.75, 3.05) is 6.61 Å². The maximum absolute atomic E-state index is 13.1. The van der Waals surface area contributed by atoms with Crippen molar-refractivity contribution in [3.8, 4) is 0 Å². The third kappa shape index (κ3) is 10.5. The van der Waals surface area contributed by atoms with Crippen LogP contribution in [-0.4, -0.2) is 23.7 Å². The summed E-state index contributed by atoms with van der Waals surface area (Å²) in [6.07, 6.45) is 4.88. The van der Waals surface area contributed by atoms with E-state index in [2.05, 4.69) is 88.4 Å². The molecule has 0 aromatic carbocycles. The molecule has 0 spiro atoms. The summed E-state index contributed by atoms with van der Waals surface area (Å²) in [4.78, 5) is 13.1. The molecule has 0 aromatic heterocycles. The SMILES string of the molecule is CCCOC(C)(C)CC(C)(C)CC(C)(C)NC(=O)C(C)(C)CC(C)(C)CC. The summed E-state index contributed by atoms with van der Waals surface area (Å²) in [5.74, 6) is 0.159. The molecule has 0 atom stereocenters. The Morgan fingerprint density at radius 1 is 0.778 bits per heavy atom. The van der Waals surface area contributed by atoms with E-state index in [4.69, 9.17) is 4.74 Å². The lowest BCUT2D eigenvalue weighted by atomic mass is 9.71. The van der Waals surface area contributed by atoms with Gasteiger partial charge in [-0.1, -0.05) is 61.8 Å². The molecule has 0 unspecified atom stereocenters. The van der Waals surface area contributed by atoms with Crippen molar-refractivity contribution >= 4 is 5.91 Å². The number of hydrogen-bond acceptors (Lipinski definition) is 2. The summed E-state index contributed by atoms with van der Waals surface area (Å²) in [6.45, 7) is 27.0. The highest BCUT2D eigenvalue weighted by Gasteiger charge is 2.39. The first-order valence-corrected chi connectivity index (χ1v) is 10.8. The zero-order chi connectivity index (χ0) is 21.7. The van der Waals surface area contributed by atoms with E-state index in [0.717, 1.165) is 38.7 Å². The van der Waals surface area contributed by atoms with Gasteiger partial charge in [0.15, 0.2) is 0 Å². The lowest BCUT2D eigenvalue weighted by Crippen LogP contribution is -2.52. The molecular weight excluding hydrogens is 334 g/mol. The van der Waals surface area contributed by atoms with Crippen LogP contribution in [0.4, 0.5) is 0 Å². The standard InChI is InChI=1S/C24H49NO2/c1-13-15-27-24(11,12)18-21(5,6)17-23(9,10)25-19(26)22(7,8)16-20(3,4)14-2/h13-18H2,1-12H3,(H,25,26). The minimum atomic E-state index is -0.371. The second-order valence-electron chi connectivity index (χ2n) is 12.0. The Balaban J connectivity index is 5.02. The third-order valence-electron chi connectivity index (χ3n) is 5.47. The van der Waals surface area contributed by atoms with Crippen LogP contribution < -0.4 is 5.32 Å². The van der Waals surface area contributed by atoms with Gasteiger partial charge in [-0.15, -0.1) is 0 Å². The second-order valence-corrected chi connectivity index (χ2v) is 12.0. The summed E-state index contributed by atoms with van der Waals surface area (Å²) >= 11 is 0. The first-order valence-electron chi connectivity index (χ1n) is 10.8. The normalized spacial score (nSPS) is 14.4. The highest BCUT2D eigenvalue weighted by Crippen LogP contribution is 2.39. The van der Waals surface area contributed by atoms with Gasteiger partial charge in [0.05, 0.1) is 5.60 Å². The lowest BCUT2D eigenvalue weighted by Gasteiger charge is -2.42. The van der Waals surface area contributed by atoms with Crippen molar-refractivity contribution < 1.29 is 9.53 Å². The van der Waals surface area contributed by atoms with Crippen LogP contribution in [-0.2, 0) is 9.53 Å². The molecule has 0 fully saturated rings. The molecule has 0 radical (unpaired) electrons. The van der Waals surface area contributed by atoms with Gasteiger partial charge in [0.2, 0.25) is 5.91 Å². The van der Waals surface area contributed by atoms with Crippen LogP contribution in [0.1, 0.15) is 115 Å². The molecule has 1 amide bonds. The van der Waals surface area contributed by atoms with E-state index in [1.807, 2.05) is 0 Å². The summed E-state index contributed by atoms with van der Waals surface area (Å²) in [6, 6.07) is 0. The molecule has 162 valence electrons. The average Bonchev–Trinajstić information content (AvgIpc) is 2.40. The number of carbonyl (C=O) groups excluding carboxylic acids is 1. The minimum Gasteiger partial charge on any atom is -0.376 e. The molecule has 3 heteroatoms. The Hall–Kier alpha value is -0.570. The lowest BCUT2D eigenvalue weighted by molar-refractivity contribution is -0.133. The maximum atomic E-state index is 13.1. The number of ether oxygens (including phenoxy) is 1. The van der Waals surface area contributed by atoms with Gasteiger partial charge in [-0.3, -0.25) is 4.79 Å². The van der Waals surface area contributed by atoms with Gasteiger partial charge in [-0.05, 0) is 64.2 Å². The fraction of sp³-hybridized carbons (Fsp3) is 0.958. The number of hydrogen-bond donors (Lipinski definition) is 1. The van der Waals surface area contributed by atoms with Crippen LogP contribution in [0.2, 0.25) is 0 Å². The highest BCUT2D eigenvalue weighted by molar-refractivity contribution is 5.82. The van der Waals surface area contributed by atoms with Gasteiger partial charge in [0.25, 0.3) is 0 Å². The van der Waals surface area contributed by atoms with Gasteiger partial charge in [0.1, 0.15) is 0 Å². The van der Waals surface area contributed by atoms with Crippen molar-refractivity contribution in [3.05, 3.63) is 0 Å². The van der Waals surface area contributed by atoms with Crippen molar-refractivity contribution in [1.82, 2.24) is 5.32 Å². The maximum Gasteiger partial charge on any atom is 0.226 e. The number of carbonyl (C=O) groups is 1. The summed E-state index contributed by atoms with van der Waals surface area (Å²) < 4.78 is 6.04. The molecule has 0 aliphatic heterocycles. The van der Waals surface area contributed by atoms with E-state index in [1.165, 1.54) is 0 Å². The van der Waals surface area contributed by atoms with Gasteiger partial charge in [-0.2, -0.15) is 0 Å². The molecule has 0 rings (SSSR count). The van der Waals surface area contributed by atoms with E-state index >= 15 is 0 Å². The van der Waals surface area contributed by atoms with E-state index in [9.17, 15) is 4.79 Å². The van der Waals surface area contributed by atoms with E-state index in [0.29, 0.717) is 0 Å². The Morgan fingerprint density at radius 3 is 1.74 bits per heavy atom. The molecule has 3 nitrogen and oxygen atoms in total. The van der Waals surface area contributed by atoms with Gasteiger partial charge in [-0.25, -0.2) is 0 Å². The summed E-state index contributed by atoms with van der Waals surface area (Å²) in [7, 11) is 0. The summed E-state index contributed by atoms with van der Waals surface area (Å²) in [5.41, 5.74) is -0.532. The minimum absolute atomic E-state index is 0.0703. The first kappa shape index (κ1) is 26.4. The molecule has 0 saturated heterocycles. The molecule has 1 N–H and O–H groups in total. The van der Waals surface area contributed by atoms with Crippen LogP contribution in [0, 0.1) is 16.2 Å². The van der Waals surface area contributed by atoms with E-state index in [-0.39, 0.29) is 33.3 Å². The molecule has 0 aliphatic rings. The average molecular weight is 384 g/mol. The number of nitrogens with one attached hydrogen (secondary N) is 1. The van der Waals surface area contributed by atoms with Crippen molar-refractivity contribution in [1.29, 1.82) is 0 Å². The fourth-order valence-corrected chi connectivity index (χ4v) is 4.76. The highest BCUT2D eigenvalue weighted by atomic mass is 16.5. The number of amides is 1. The van der Waals surface area contributed by atoms with Crippen molar-refractivity contribution in [3.63, 3.8) is 0 Å². The van der Waals surface area contributed by atoms with Crippen LogP contribution in [0.5, 0.6) is 0 Å². The van der Waals surface area contributed by atoms with Crippen LogP contribution in [0.3, 0.4) is 0 Å². The predicted octanol–water partition coefficient (Wildman–Crippen LogP) is 6.75. The van der Waals surface area contributed by atoms with Crippen LogP contribution in [0.15, 0.2) is 0 Å². The Morgan fingerprint density at radius 2 is 1.30 bits per heavy atom. The fourth-order valence-electron chi connectivity index (χ4n) is 4.76. The smallest absolute Gasteiger partial charge is 0.226 e. The van der Waals surface area contributed by atoms with Crippen molar-refractivity contribution in [2.45, 2.75) is 126 Å². The quantitative estimate of drug-likeness (QED) is 0.405. The third-order valence-corrected chi connectivity index (χ3v) is 5.47. The second kappa shape index (κ2) is 9.29. The van der Waals surface area contributed by atoms with Gasteiger partial charge in [0, 0.05) is 17.6 Å². The largest absolute Gasteiger partial charge is 0.376 e. The zero-order valence-corrected chi connectivity index (χ0v) is 20.6. The monoisotopic (exact) mass is 383 g/mol. The first-order chi connectivity index (χ1) is 11.9. The molecule has 0 heterocycles. The summed E-state index contributed by atoms with van der Waals surface area (Å²) in [5, 5.41) is 3.35. The Labute approximate surface area is 170 Å². The molecule has 0 bridgehead atoms. The topological polar surface area (TPSA) is 38.3 Å². The van der Waals surface area contributed by atoms with Crippen molar-refractivity contribution in [2.24, 2.45) is 16.2 Å². The van der Waals surface area contributed by atoms with Crippen LogP contribution in [0.25, 0.3) is 0 Å². The van der Waals surface area contributed by atoms with E-state index < -0.39 is 0 Å². The molecule has 27 heavy (non-hydrogen) atoms. The zero-order valence-electron chi connectivity index (χ0n) is 20.6. The Bertz CT molecular complexity index is 473. The van der Waals surface area contributed by atoms with E-state index in [1.54, 1.807) is 0 Å². The van der Waals surface area contributed by atoms with Gasteiger partial charge < -0.3 is 10.1 Å². The molecule has 0 saturated carbocycles. The molecule has 0 aromatic rings.